The number of carbonyl (C=O) groups excluding carboxylic acids is 1. The van der Waals surface area contributed by atoms with Gasteiger partial charge in [-0.05, 0) is 49.3 Å². The molecular weight excluding hydrogens is 322 g/mol. The van der Waals surface area contributed by atoms with Crippen molar-refractivity contribution in [2.45, 2.75) is 19.8 Å². The smallest absolute Gasteiger partial charge is 0.226 e. The first-order valence-electron chi connectivity index (χ1n) is 9.77. The number of piperazine rings is 1. The van der Waals surface area contributed by atoms with Gasteiger partial charge in [0.1, 0.15) is 5.82 Å². The van der Waals surface area contributed by atoms with E-state index < -0.39 is 0 Å². The third-order valence-corrected chi connectivity index (χ3v) is 6.42. The molecule has 5 rings (SSSR count). The highest BCUT2D eigenvalue weighted by Crippen LogP contribution is 2.44. The summed E-state index contributed by atoms with van der Waals surface area (Å²) in [7, 11) is 0. The standard InChI is InChI=1S/C22H25N3O/c1-15-12-21(23-20-5-3-2-4-18(15)20)24-8-10-25(11-9-24)22(26)19-14-16-6-7-17(19)13-16/h2-7,12,16-17,19H,8-11,13-14H2,1H3/t16-,17+,19-/m1/s1. The van der Waals surface area contributed by atoms with Crippen molar-refractivity contribution in [3.05, 3.63) is 48.0 Å². The van der Waals surface area contributed by atoms with Gasteiger partial charge in [0.25, 0.3) is 0 Å². The minimum Gasteiger partial charge on any atom is -0.353 e. The Hall–Kier alpha value is -2.36. The van der Waals surface area contributed by atoms with Crippen LogP contribution in [0.2, 0.25) is 0 Å². The van der Waals surface area contributed by atoms with Crippen molar-refractivity contribution in [3.8, 4) is 0 Å². The molecule has 134 valence electrons. The number of aromatic nitrogens is 1. The minimum absolute atomic E-state index is 0.234. The van der Waals surface area contributed by atoms with Crippen LogP contribution in [0.15, 0.2) is 42.5 Å². The van der Waals surface area contributed by atoms with E-state index >= 15 is 0 Å². The van der Waals surface area contributed by atoms with E-state index in [0.29, 0.717) is 17.7 Å². The summed E-state index contributed by atoms with van der Waals surface area (Å²) in [4.78, 5) is 22.2. The number of hydrogen-bond donors (Lipinski definition) is 0. The molecule has 3 aliphatic rings. The maximum atomic E-state index is 12.9. The molecule has 2 aromatic rings. The molecule has 26 heavy (non-hydrogen) atoms. The summed E-state index contributed by atoms with van der Waals surface area (Å²) in [6, 6.07) is 10.5. The van der Waals surface area contributed by atoms with E-state index in [9.17, 15) is 4.79 Å². The van der Waals surface area contributed by atoms with Gasteiger partial charge in [-0.15, -0.1) is 0 Å². The highest BCUT2D eigenvalue weighted by atomic mass is 16.2. The average Bonchev–Trinajstić information content (AvgIpc) is 3.31. The number of anilines is 1. The quantitative estimate of drug-likeness (QED) is 0.781. The molecule has 0 unspecified atom stereocenters. The molecular formula is C22H25N3O. The lowest BCUT2D eigenvalue weighted by atomic mass is 9.92. The van der Waals surface area contributed by atoms with E-state index in [1.165, 1.54) is 17.4 Å². The van der Waals surface area contributed by atoms with Crippen molar-refractivity contribution in [2.75, 3.05) is 31.1 Å². The molecule has 2 heterocycles. The van der Waals surface area contributed by atoms with Crippen molar-refractivity contribution in [3.63, 3.8) is 0 Å². The molecule has 0 N–H and O–H groups in total. The number of pyridine rings is 1. The first-order chi connectivity index (χ1) is 12.7. The number of fused-ring (bicyclic) bond motifs is 3. The zero-order valence-electron chi connectivity index (χ0n) is 15.3. The van der Waals surface area contributed by atoms with Gasteiger partial charge in [-0.3, -0.25) is 4.79 Å². The number of nitrogens with zero attached hydrogens (tertiary/aromatic N) is 3. The molecule has 2 fully saturated rings. The minimum atomic E-state index is 0.234. The monoisotopic (exact) mass is 347 g/mol. The van der Waals surface area contributed by atoms with Crippen molar-refractivity contribution < 1.29 is 4.79 Å². The Bertz CT molecular complexity index is 882. The van der Waals surface area contributed by atoms with Gasteiger partial charge in [0.05, 0.1) is 5.52 Å². The van der Waals surface area contributed by atoms with Crippen molar-refractivity contribution >= 4 is 22.6 Å². The Morgan fingerprint density at radius 1 is 1.08 bits per heavy atom. The first kappa shape index (κ1) is 15.9. The number of aryl methyl sites for hydroxylation is 1. The average molecular weight is 347 g/mol. The summed E-state index contributed by atoms with van der Waals surface area (Å²) in [6.07, 6.45) is 6.83. The van der Waals surface area contributed by atoms with Gasteiger partial charge in [0.15, 0.2) is 0 Å². The summed E-state index contributed by atoms with van der Waals surface area (Å²) < 4.78 is 0. The van der Waals surface area contributed by atoms with E-state index in [-0.39, 0.29) is 5.92 Å². The van der Waals surface area contributed by atoms with Gasteiger partial charge in [-0.2, -0.15) is 0 Å². The second kappa shape index (κ2) is 6.11. The number of amides is 1. The fraction of sp³-hybridized carbons (Fsp3) is 0.455. The van der Waals surface area contributed by atoms with E-state index in [4.69, 9.17) is 4.98 Å². The lowest BCUT2D eigenvalue weighted by Crippen LogP contribution is -2.51. The van der Waals surface area contributed by atoms with Crippen LogP contribution < -0.4 is 4.90 Å². The number of benzene rings is 1. The van der Waals surface area contributed by atoms with Gasteiger partial charge >= 0.3 is 0 Å². The van der Waals surface area contributed by atoms with E-state index in [2.05, 4.69) is 53.1 Å². The van der Waals surface area contributed by atoms with Crippen LogP contribution >= 0.6 is 0 Å². The largest absolute Gasteiger partial charge is 0.353 e. The van der Waals surface area contributed by atoms with Crippen molar-refractivity contribution in [1.82, 2.24) is 9.88 Å². The summed E-state index contributed by atoms with van der Waals surface area (Å²) in [6.45, 7) is 5.50. The molecule has 1 aromatic heterocycles. The molecule has 1 saturated heterocycles. The Morgan fingerprint density at radius 3 is 2.62 bits per heavy atom. The van der Waals surface area contributed by atoms with Gasteiger partial charge in [-0.25, -0.2) is 4.98 Å². The fourth-order valence-corrected chi connectivity index (χ4v) is 4.95. The number of hydrogen-bond acceptors (Lipinski definition) is 3. The number of rotatable bonds is 2. The predicted molar refractivity (Wildman–Crippen MR) is 104 cm³/mol. The number of para-hydroxylation sites is 1. The van der Waals surface area contributed by atoms with E-state index in [1.54, 1.807) is 0 Å². The molecule has 0 radical (unpaired) electrons. The predicted octanol–water partition coefficient (Wildman–Crippen LogP) is 3.40. The van der Waals surface area contributed by atoms with Crippen LogP contribution in [-0.4, -0.2) is 42.0 Å². The van der Waals surface area contributed by atoms with E-state index in [1.807, 2.05) is 6.07 Å². The highest BCUT2D eigenvalue weighted by Gasteiger charge is 2.41. The van der Waals surface area contributed by atoms with Crippen LogP contribution in [0.1, 0.15) is 18.4 Å². The lowest BCUT2D eigenvalue weighted by molar-refractivity contribution is -0.136. The van der Waals surface area contributed by atoms with Gasteiger partial charge in [0.2, 0.25) is 5.91 Å². The first-order valence-corrected chi connectivity index (χ1v) is 9.77. The Kier molecular flexibility index (Phi) is 3.73. The summed E-state index contributed by atoms with van der Waals surface area (Å²) >= 11 is 0. The molecule has 1 amide bonds. The highest BCUT2D eigenvalue weighted by molar-refractivity contribution is 5.84. The fourth-order valence-electron chi connectivity index (χ4n) is 4.95. The van der Waals surface area contributed by atoms with Gasteiger partial charge in [0, 0.05) is 37.5 Å². The van der Waals surface area contributed by atoms with Crippen LogP contribution in [0, 0.1) is 24.7 Å². The molecule has 4 nitrogen and oxygen atoms in total. The van der Waals surface area contributed by atoms with Crippen LogP contribution in [-0.2, 0) is 4.79 Å². The molecule has 1 saturated carbocycles. The maximum absolute atomic E-state index is 12.9. The molecule has 3 atom stereocenters. The van der Waals surface area contributed by atoms with Gasteiger partial charge < -0.3 is 9.80 Å². The molecule has 2 bridgehead atoms. The second-order valence-corrected chi connectivity index (χ2v) is 8.01. The lowest BCUT2D eigenvalue weighted by Gasteiger charge is -2.37. The van der Waals surface area contributed by atoms with Crippen LogP contribution in [0.3, 0.4) is 0 Å². The SMILES string of the molecule is Cc1cc(N2CCN(C(=O)[C@@H]3C[C@@H]4C=C[C@H]3C4)CC2)nc2ccccc12. The van der Waals surface area contributed by atoms with Crippen LogP contribution in [0.25, 0.3) is 10.9 Å². The topological polar surface area (TPSA) is 36.4 Å². The zero-order valence-corrected chi connectivity index (χ0v) is 15.3. The summed E-state index contributed by atoms with van der Waals surface area (Å²) in [5.74, 6) is 2.80. The second-order valence-electron chi connectivity index (χ2n) is 8.01. The zero-order chi connectivity index (χ0) is 17.7. The molecule has 0 spiro atoms. The normalized spacial score (nSPS) is 27.5. The van der Waals surface area contributed by atoms with Crippen LogP contribution in [0.5, 0.6) is 0 Å². The van der Waals surface area contributed by atoms with E-state index in [0.717, 1.165) is 43.9 Å². The van der Waals surface area contributed by atoms with Crippen LogP contribution in [0.4, 0.5) is 5.82 Å². The Morgan fingerprint density at radius 2 is 1.88 bits per heavy atom. The number of carbonyl (C=O) groups is 1. The summed E-state index contributed by atoms with van der Waals surface area (Å²) in [5.41, 5.74) is 2.31. The maximum Gasteiger partial charge on any atom is 0.226 e. The van der Waals surface area contributed by atoms with Gasteiger partial charge in [-0.1, -0.05) is 30.4 Å². The number of allylic oxidation sites excluding steroid dienone is 2. The molecule has 1 aromatic carbocycles. The summed E-state index contributed by atoms with van der Waals surface area (Å²) in [5, 5.41) is 1.22. The van der Waals surface area contributed by atoms with Crippen molar-refractivity contribution in [1.29, 1.82) is 0 Å². The van der Waals surface area contributed by atoms with Crippen molar-refractivity contribution in [2.24, 2.45) is 17.8 Å². The third-order valence-electron chi connectivity index (χ3n) is 6.42. The molecule has 1 aliphatic heterocycles. The molecule has 4 heteroatoms. The third kappa shape index (κ3) is 2.59. The Labute approximate surface area is 154 Å². The molecule has 2 aliphatic carbocycles. The Balaban J connectivity index is 1.28.